The molecule has 0 aliphatic carbocycles. The van der Waals surface area contributed by atoms with Crippen LogP contribution >= 0.6 is 0 Å². The monoisotopic (exact) mass is 379 g/mol. The Bertz CT molecular complexity index is 939. The molecule has 3 aromatic rings. The van der Waals surface area contributed by atoms with Crippen molar-refractivity contribution in [3.8, 4) is 5.75 Å². The van der Waals surface area contributed by atoms with Crippen molar-refractivity contribution in [2.45, 2.75) is 31.8 Å². The number of carbonyl (C=O) groups is 1. The highest BCUT2D eigenvalue weighted by molar-refractivity contribution is 6.00. The van der Waals surface area contributed by atoms with E-state index in [2.05, 4.69) is 26.1 Å². The molecule has 1 unspecified atom stereocenters. The summed E-state index contributed by atoms with van der Waals surface area (Å²) in [7, 11) is 0. The summed E-state index contributed by atoms with van der Waals surface area (Å²) in [4.78, 5) is 12.1. The van der Waals surface area contributed by atoms with E-state index < -0.39 is 0 Å². The summed E-state index contributed by atoms with van der Waals surface area (Å²) in [6.45, 7) is 1.50. The summed E-state index contributed by atoms with van der Waals surface area (Å²) in [5.41, 5.74) is 2.73. The van der Waals surface area contributed by atoms with Gasteiger partial charge in [0.1, 0.15) is 11.9 Å². The number of hydrogen-bond donors (Lipinski definition) is 4. The molecule has 1 aliphatic heterocycles. The van der Waals surface area contributed by atoms with Crippen LogP contribution in [0.15, 0.2) is 48.7 Å². The van der Waals surface area contributed by atoms with Crippen molar-refractivity contribution in [3.63, 3.8) is 0 Å². The first kappa shape index (κ1) is 18.2. The Kier molecular flexibility index (Phi) is 5.61. The lowest BCUT2D eigenvalue weighted by Crippen LogP contribution is -2.31. The maximum absolute atomic E-state index is 12.1. The van der Waals surface area contributed by atoms with Gasteiger partial charge in [0.15, 0.2) is 0 Å². The van der Waals surface area contributed by atoms with Crippen LogP contribution in [0.3, 0.4) is 0 Å². The van der Waals surface area contributed by atoms with Crippen LogP contribution in [-0.4, -0.2) is 35.4 Å². The van der Waals surface area contributed by atoms with E-state index in [4.69, 9.17) is 4.74 Å². The van der Waals surface area contributed by atoms with Gasteiger partial charge in [0, 0.05) is 11.9 Å². The van der Waals surface area contributed by atoms with E-state index in [-0.39, 0.29) is 12.1 Å². The van der Waals surface area contributed by atoms with Crippen LogP contribution in [0.5, 0.6) is 5.75 Å². The van der Waals surface area contributed by atoms with Crippen molar-refractivity contribution in [2.75, 3.05) is 23.7 Å². The summed E-state index contributed by atoms with van der Waals surface area (Å²) in [5.74, 6) is 0.935. The van der Waals surface area contributed by atoms with Crippen LogP contribution in [-0.2, 0) is 0 Å². The highest BCUT2D eigenvalue weighted by Gasteiger charge is 2.17. The number of aromatic nitrogens is 2. The smallest absolute Gasteiger partial charge is 0.319 e. The molecule has 2 aromatic carbocycles. The molecule has 4 N–H and O–H groups in total. The van der Waals surface area contributed by atoms with Crippen LogP contribution in [0.4, 0.5) is 16.2 Å². The van der Waals surface area contributed by atoms with E-state index in [1.54, 1.807) is 6.20 Å². The molecule has 28 heavy (non-hydrogen) atoms. The fraction of sp³-hybridized carbons (Fsp3) is 0.333. The van der Waals surface area contributed by atoms with Gasteiger partial charge in [0.2, 0.25) is 0 Å². The molecule has 146 valence electrons. The maximum Gasteiger partial charge on any atom is 0.319 e. The van der Waals surface area contributed by atoms with Gasteiger partial charge < -0.3 is 20.7 Å². The average molecular weight is 379 g/mol. The molecule has 2 heterocycles. The van der Waals surface area contributed by atoms with Gasteiger partial charge in [0.25, 0.3) is 0 Å². The number of carbonyl (C=O) groups excluding carboxylic acids is 1. The molecule has 0 fully saturated rings. The topological polar surface area (TPSA) is 91.1 Å². The highest BCUT2D eigenvalue weighted by atomic mass is 16.5. The van der Waals surface area contributed by atoms with Gasteiger partial charge in [-0.25, -0.2) is 4.79 Å². The molecule has 0 spiro atoms. The maximum atomic E-state index is 12.1. The number of para-hydroxylation sites is 2. The largest absolute Gasteiger partial charge is 0.486 e. The predicted molar refractivity (Wildman–Crippen MR) is 111 cm³/mol. The number of anilines is 2. The van der Waals surface area contributed by atoms with Crippen LogP contribution in [0.1, 0.15) is 25.7 Å². The Morgan fingerprint density at radius 3 is 3.04 bits per heavy atom. The number of H-pyrrole nitrogens is 1. The van der Waals surface area contributed by atoms with Gasteiger partial charge in [-0.3, -0.25) is 5.10 Å². The van der Waals surface area contributed by atoms with Crippen LogP contribution in [0.2, 0.25) is 0 Å². The molecule has 2 amide bonds. The molecule has 1 atom stereocenters. The summed E-state index contributed by atoms with van der Waals surface area (Å²) in [6.07, 6.45) is 6.01. The van der Waals surface area contributed by atoms with Gasteiger partial charge in [-0.05, 0) is 43.5 Å². The van der Waals surface area contributed by atoms with Gasteiger partial charge in [-0.1, -0.05) is 24.6 Å². The summed E-state index contributed by atoms with van der Waals surface area (Å²) in [5, 5.41) is 17.0. The third-order valence-electron chi connectivity index (χ3n) is 4.92. The second kappa shape index (κ2) is 8.65. The summed E-state index contributed by atoms with van der Waals surface area (Å²) < 4.78 is 6.02. The third-order valence-corrected chi connectivity index (χ3v) is 4.92. The fourth-order valence-electron chi connectivity index (χ4n) is 3.44. The van der Waals surface area contributed by atoms with Gasteiger partial charge in [0.05, 0.1) is 29.6 Å². The second-order valence-corrected chi connectivity index (χ2v) is 6.98. The number of ether oxygens (including phenoxy) is 1. The van der Waals surface area contributed by atoms with Crippen LogP contribution < -0.4 is 20.7 Å². The van der Waals surface area contributed by atoms with Crippen LogP contribution in [0.25, 0.3) is 10.9 Å². The number of unbranched alkanes of at least 4 members (excludes halogenated alkanes) is 2. The molecular weight excluding hydrogens is 354 g/mol. The first-order chi connectivity index (χ1) is 13.8. The number of urea groups is 1. The Balaban J connectivity index is 1.12. The lowest BCUT2D eigenvalue weighted by atomic mass is 10.1. The average Bonchev–Trinajstić information content (AvgIpc) is 3.20. The first-order valence-electron chi connectivity index (χ1n) is 9.76. The second-order valence-electron chi connectivity index (χ2n) is 6.98. The molecule has 0 radical (unpaired) electrons. The Hall–Kier alpha value is -3.22. The number of amides is 2. The number of nitrogens with one attached hydrogen (secondary N) is 4. The van der Waals surface area contributed by atoms with E-state index in [0.717, 1.165) is 60.3 Å². The van der Waals surface area contributed by atoms with Crippen LogP contribution in [0, 0.1) is 0 Å². The fourth-order valence-corrected chi connectivity index (χ4v) is 3.44. The molecule has 0 saturated carbocycles. The normalized spacial score (nSPS) is 15.4. The number of nitrogens with zero attached hydrogens (tertiary/aromatic N) is 1. The first-order valence-corrected chi connectivity index (χ1v) is 9.76. The van der Waals surface area contributed by atoms with Crippen molar-refractivity contribution in [1.82, 2.24) is 15.5 Å². The van der Waals surface area contributed by atoms with Gasteiger partial charge >= 0.3 is 6.03 Å². The molecule has 7 heteroatoms. The van der Waals surface area contributed by atoms with E-state index in [0.29, 0.717) is 6.54 Å². The zero-order valence-electron chi connectivity index (χ0n) is 15.7. The zero-order chi connectivity index (χ0) is 19.2. The predicted octanol–water partition coefficient (Wildman–Crippen LogP) is 4.12. The molecule has 0 saturated heterocycles. The van der Waals surface area contributed by atoms with E-state index in [9.17, 15) is 4.79 Å². The van der Waals surface area contributed by atoms with Gasteiger partial charge in [-0.2, -0.15) is 5.10 Å². The lowest BCUT2D eigenvalue weighted by molar-refractivity contribution is 0.191. The SMILES string of the molecule is O=C(NCCCCCC1CNc2ccccc2O1)Nc1cccc2[nH]ncc12. The minimum atomic E-state index is -0.190. The highest BCUT2D eigenvalue weighted by Crippen LogP contribution is 2.29. The number of rotatable bonds is 7. The molecular formula is C21H25N5O2. The van der Waals surface area contributed by atoms with Crippen molar-refractivity contribution in [3.05, 3.63) is 48.7 Å². The van der Waals surface area contributed by atoms with E-state index in [1.165, 1.54) is 0 Å². The minimum Gasteiger partial charge on any atom is -0.486 e. The molecule has 1 aliphatic rings. The lowest BCUT2D eigenvalue weighted by Gasteiger charge is -2.27. The zero-order valence-corrected chi connectivity index (χ0v) is 15.7. The summed E-state index contributed by atoms with van der Waals surface area (Å²) >= 11 is 0. The molecule has 1 aromatic heterocycles. The molecule has 4 rings (SSSR count). The van der Waals surface area contributed by atoms with Crippen molar-refractivity contribution >= 4 is 28.3 Å². The Morgan fingerprint density at radius 2 is 2.07 bits per heavy atom. The molecule has 7 nitrogen and oxygen atoms in total. The molecule has 0 bridgehead atoms. The summed E-state index contributed by atoms with van der Waals surface area (Å²) in [6, 6.07) is 13.5. The van der Waals surface area contributed by atoms with E-state index in [1.807, 2.05) is 42.5 Å². The van der Waals surface area contributed by atoms with Gasteiger partial charge in [-0.15, -0.1) is 0 Å². The quantitative estimate of drug-likeness (QED) is 0.465. The number of aromatic amines is 1. The minimum absolute atomic E-state index is 0.190. The Morgan fingerprint density at radius 1 is 1.14 bits per heavy atom. The number of benzene rings is 2. The third kappa shape index (κ3) is 4.36. The van der Waals surface area contributed by atoms with E-state index >= 15 is 0 Å². The number of hydrogen-bond acceptors (Lipinski definition) is 4. The Labute approximate surface area is 163 Å². The van der Waals surface area contributed by atoms with Crippen molar-refractivity contribution in [1.29, 1.82) is 0 Å². The number of fused-ring (bicyclic) bond motifs is 2. The standard InChI is InChI=1S/C21H25N5O2/c27-21(25-17-9-6-10-18-16(17)14-24-26-18)22-12-5-1-2-7-15-13-23-19-8-3-4-11-20(19)28-15/h3-4,6,8-11,14-15,23H,1-2,5,7,12-13H2,(H,24,26)(H2,22,25,27). The van der Waals surface area contributed by atoms with Crippen molar-refractivity contribution < 1.29 is 9.53 Å². The van der Waals surface area contributed by atoms with Crippen molar-refractivity contribution in [2.24, 2.45) is 0 Å².